The van der Waals surface area contributed by atoms with Gasteiger partial charge in [0, 0.05) is 33.7 Å². The molecule has 164 valence electrons. The van der Waals surface area contributed by atoms with Gasteiger partial charge in [-0.15, -0.1) is 0 Å². The maximum absolute atomic E-state index is 12.2. The van der Waals surface area contributed by atoms with Gasteiger partial charge in [-0.05, 0) is 36.4 Å². The molecule has 1 aliphatic rings. The summed E-state index contributed by atoms with van der Waals surface area (Å²) in [5.74, 6) is 0. The summed E-state index contributed by atoms with van der Waals surface area (Å²) < 4.78 is 0. The maximum atomic E-state index is 12.2. The largest absolute Gasteiger partial charge is 0.465 e. The Morgan fingerprint density at radius 1 is 0.844 bits per heavy atom. The lowest BCUT2D eigenvalue weighted by Gasteiger charge is -2.12. The van der Waals surface area contributed by atoms with Gasteiger partial charge in [-0.2, -0.15) is 0 Å². The van der Waals surface area contributed by atoms with Crippen LogP contribution in [0.25, 0.3) is 21.8 Å². The first-order valence-electron chi connectivity index (χ1n) is 10.9. The number of aromatic amines is 1. The highest BCUT2D eigenvalue weighted by Gasteiger charge is 2.10. The fraction of sp³-hybridized carbons (Fsp3) is 0.240. The van der Waals surface area contributed by atoms with Crippen molar-refractivity contribution in [2.45, 2.75) is 38.5 Å². The van der Waals surface area contributed by atoms with Crippen molar-refractivity contribution in [3.05, 3.63) is 71.1 Å². The van der Waals surface area contributed by atoms with Crippen LogP contribution in [0.1, 0.15) is 38.5 Å². The fourth-order valence-corrected chi connectivity index (χ4v) is 3.98. The van der Waals surface area contributed by atoms with Crippen LogP contribution in [0.2, 0.25) is 0 Å². The lowest BCUT2D eigenvalue weighted by molar-refractivity contribution is 0.210. The Morgan fingerprint density at radius 2 is 1.44 bits per heavy atom. The second-order valence-corrected chi connectivity index (χ2v) is 7.84. The van der Waals surface area contributed by atoms with Crippen molar-refractivity contribution >= 4 is 45.0 Å². The Kier molecular flexibility index (Phi) is 6.65. The third kappa shape index (κ3) is 5.06. The predicted molar refractivity (Wildman–Crippen MR) is 129 cm³/mol. The van der Waals surface area contributed by atoms with Crippen LogP contribution < -0.4 is 16.2 Å². The van der Waals surface area contributed by atoms with Crippen LogP contribution in [0.5, 0.6) is 0 Å². The predicted octanol–water partition coefficient (Wildman–Crippen LogP) is 6.25. The van der Waals surface area contributed by atoms with E-state index in [-0.39, 0.29) is 5.56 Å². The highest BCUT2D eigenvalue weighted by molar-refractivity contribution is 6.10. The van der Waals surface area contributed by atoms with Crippen LogP contribution in [-0.4, -0.2) is 21.2 Å². The molecule has 2 aromatic carbocycles. The molecule has 2 aromatic heterocycles. The number of hydrogen-bond acceptors (Lipinski definition) is 4. The van der Waals surface area contributed by atoms with Crippen molar-refractivity contribution in [2.24, 2.45) is 0 Å². The molecule has 0 radical (unpaired) electrons. The van der Waals surface area contributed by atoms with Crippen molar-refractivity contribution in [1.82, 2.24) is 9.97 Å². The van der Waals surface area contributed by atoms with Crippen LogP contribution in [0.3, 0.4) is 0 Å². The molecule has 0 spiro atoms. The lowest BCUT2D eigenvalue weighted by Crippen LogP contribution is -2.08. The first-order chi connectivity index (χ1) is 15.6. The standard InChI is InChI=1S/C19H14N4O3.C6H12/c24-18-14-4-2-1-3-13(14)16-15(9-10-20-17(16)23-18)21-11-5-7-12(8-6-11)22-19(25)26;1-2-4-6-5-3-1/h1-10,22H,(H,25,26)(H2,20,21,23,24);1-6H2. The summed E-state index contributed by atoms with van der Waals surface area (Å²) >= 11 is 0. The van der Waals surface area contributed by atoms with Crippen molar-refractivity contribution in [3.8, 4) is 0 Å². The Balaban J connectivity index is 0.000000354. The zero-order chi connectivity index (χ0) is 22.3. The minimum atomic E-state index is -1.11. The first-order valence-corrected chi connectivity index (χ1v) is 10.9. The van der Waals surface area contributed by atoms with Gasteiger partial charge >= 0.3 is 6.09 Å². The quantitative estimate of drug-likeness (QED) is 0.287. The van der Waals surface area contributed by atoms with Crippen molar-refractivity contribution < 1.29 is 9.90 Å². The van der Waals surface area contributed by atoms with Gasteiger partial charge < -0.3 is 15.4 Å². The number of carboxylic acid groups (broad SMARTS) is 1. The van der Waals surface area contributed by atoms with Crippen molar-refractivity contribution in [2.75, 3.05) is 10.6 Å². The Bertz CT molecular complexity index is 1270. The van der Waals surface area contributed by atoms with Crippen LogP contribution >= 0.6 is 0 Å². The second kappa shape index (κ2) is 9.96. The van der Waals surface area contributed by atoms with E-state index in [1.165, 1.54) is 38.5 Å². The van der Waals surface area contributed by atoms with Crippen molar-refractivity contribution in [1.29, 1.82) is 0 Å². The fourth-order valence-electron chi connectivity index (χ4n) is 3.98. The molecule has 7 nitrogen and oxygen atoms in total. The molecule has 1 saturated carbocycles. The molecule has 0 saturated heterocycles. The van der Waals surface area contributed by atoms with E-state index in [1.807, 2.05) is 24.3 Å². The maximum Gasteiger partial charge on any atom is 0.409 e. The SMILES string of the molecule is C1CCCCC1.O=C(O)Nc1ccc(Nc2ccnc3[nH]c(=O)c4ccccc4c23)cc1. The summed E-state index contributed by atoms with van der Waals surface area (Å²) in [6.07, 6.45) is 9.51. The molecule has 4 aromatic rings. The smallest absolute Gasteiger partial charge is 0.409 e. The Morgan fingerprint density at radius 3 is 2.06 bits per heavy atom. The van der Waals surface area contributed by atoms with E-state index in [0.717, 1.165) is 22.1 Å². The molecular weight excluding hydrogens is 404 g/mol. The summed E-state index contributed by atoms with van der Waals surface area (Å²) in [5.41, 5.74) is 2.38. The summed E-state index contributed by atoms with van der Waals surface area (Å²) in [6.45, 7) is 0. The van der Waals surface area contributed by atoms with Gasteiger partial charge in [-0.3, -0.25) is 10.1 Å². The Labute approximate surface area is 185 Å². The number of anilines is 3. The molecule has 0 aliphatic heterocycles. The number of amides is 1. The van der Waals surface area contributed by atoms with Crippen LogP contribution in [0, 0.1) is 0 Å². The zero-order valence-electron chi connectivity index (χ0n) is 17.7. The third-order valence-corrected chi connectivity index (χ3v) is 5.54. The number of hydrogen-bond donors (Lipinski definition) is 4. The minimum absolute atomic E-state index is 0.179. The summed E-state index contributed by atoms with van der Waals surface area (Å²) in [7, 11) is 0. The van der Waals surface area contributed by atoms with E-state index in [2.05, 4.69) is 20.6 Å². The third-order valence-electron chi connectivity index (χ3n) is 5.54. The van der Waals surface area contributed by atoms with E-state index in [1.54, 1.807) is 36.5 Å². The van der Waals surface area contributed by atoms with Crippen molar-refractivity contribution in [3.63, 3.8) is 0 Å². The minimum Gasteiger partial charge on any atom is -0.465 e. The normalized spacial score (nSPS) is 13.2. The first kappa shape index (κ1) is 21.4. The average Bonchev–Trinajstić information content (AvgIpc) is 2.82. The van der Waals surface area contributed by atoms with E-state index in [4.69, 9.17) is 5.11 Å². The van der Waals surface area contributed by atoms with E-state index in [0.29, 0.717) is 16.7 Å². The zero-order valence-corrected chi connectivity index (χ0v) is 17.7. The van der Waals surface area contributed by atoms with E-state index in [9.17, 15) is 9.59 Å². The molecule has 0 bridgehead atoms. The number of nitrogens with one attached hydrogen (secondary N) is 3. The summed E-state index contributed by atoms with van der Waals surface area (Å²) in [4.78, 5) is 30.0. The number of rotatable bonds is 3. The van der Waals surface area contributed by atoms with Gasteiger partial charge in [0.05, 0.1) is 5.69 Å². The Hall–Kier alpha value is -3.87. The lowest BCUT2D eigenvalue weighted by atomic mass is 10.0. The molecule has 1 aliphatic carbocycles. The van der Waals surface area contributed by atoms with E-state index >= 15 is 0 Å². The van der Waals surface area contributed by atoms with E-state index < -0.39 is 6.09 Å². The number of pyridine rings is 2. The number of benzene rings is 2. The average molecular weight is 431 g/mol. The second-order valence-electron chi connectivity index (χ2n) is 7.84. The molecule has 0 atom stereocenters. The van der Waals surface area contributed by atoms with Gasteiger partial charge in [0.2, 0.25) is 0 Å². The molecule has 5 rings (SSSR count). The van der Waals surface area contributed by atoms with Gasteiger partial charge in [-0.1, -0.05) is 56.7 Å². The van der Waals surface area contributed by atoms with Gasteiger partial charge in [0.15, 0.2) is 0 Å². The highest BCUT2D eigenvalue weighted by atomic mass is 16.4. The number of carbonyl (C=O) groups is 1. The molecule has 32 heavy (non-hydrogen) atoms. The number of H-pyrrole nitrogens is 1. The monoisotopic (exact) mass is 430 g/mol. The summed E-state index contributed by atoms with van der Waals surface area (Å²) in [5, 5.41) is 16.6. The van der Waals surface area contributed by atoms with Gasteiger partial charge in [0.1, 0.15) is 5.65 Å². The molecule has 2 heterocycles. The van der Waals surface area contributed by atoms with Crippen LogP contribution in [0.15, 0.2) is 65.6 Å². The van der Waals surface area contributed by atoms with Gasteiger partial charge in [-0.25, -0.2) is 9.78 Å². The summed E-state index contributed by atoms with van der Waals surface area (Å²) in [6, 6.07) is 16.1. The highest BCUT2D eigenvalue weighted by Crippen LogP contribution is 2.29. The molecular formula is C25H26N4O3. The van der Waals surface area contributed by atoms with Crippen LogP contribution in [-0.2, 0) is 0 Å². The topological polar surface area (TPSA) is 107 Å². The number of nitrogens with zero attached hydrogens (tertiary/aromatic N) is 1. The molecule has 4 N–H and O–H groups in total. The molecule has 1 amide bonds. The van der Waals surface area contributed by atoms with Crippen LogP contribution in [0.4, 0.5) is 21.9 Å². The van der Waals surface area contributed by atoms with Gasteiger partial charge in [0.25, 0.3) is 5.56 Å². The molecule has 1 fully saturated rings. The number of fused-ring (bicyclic) bond motifs is 3. The molecule has 0 unspecified atom stereocenters. The molecule has 7 heteroatoms. The number of aromatic nitrogens is 2.